The SMILES string of the molecule is CC(C)CC1COCCN1C(=O)Nc1ccccc1Cn1cccn1. The lowest BCUT2D eigenvalue weighted by atomic mass is 10.0. The van der Waals surface area contributed by atoms with Crippen molar-refractivity contribution in [2.45, 2.75) is 32.9 Å². The Morgan fingerprint density at radius 1 is 1.36 bits per heavy atom. The summed E-state index contributed by atoms with van der Waals surface area (Å²) < 4.78 is 7.42. The summed E-state index contributed by atoms with van der Waals surface area (Å²) in [7, 11) is 0. The second kappa shape index (κ2) is 8.16. The van der Waals surface area contributed by atoms with Crippen LogP contribution in [0, 0.1) is 5.92 Å². The Morgan fingerprint density at radius 2 is 2.20 bits per heavy atom. The molecule has 1 aliphatic heterocycles. The van der Waals surface area contributed by atoms with Crippen LogP contribution in [0.5, 0.6) is 0 Å². The summed E-state index contributed by atoms with van der Waals surface area (Å²) in [4.78, 5) is 14.8. The molecule has 134 valence electrons. The van der Waals surface area contributed by atoms with Crippen molar-refractivity contribution >= 4 is 11.7 Å². The first-order valence-corrected chi connectivity index (χ1v) is 8.84. The van der Waals surface area contributed by atoms with E-state index >= 15 is 0 Å². The number of carbonyl (C=O) groups excluding carboxylic acids is 1. The summed E-state index contributed by atoms with van der Waals surface area (Å²) in [6.45, 7) is 6.80. The van der Waals surface area contributed by atoms with E-state index in [1.807, 2.05) is 46.1 Å². The molecule has 2 aromatic rings. The van der Waals surface area contributed by atoms with Gasteiger partial charge in [-0.05, 0) is 30.0 Å². The van der Waals surface area contributed by atoms with Crippen LogP contribution in [0.2, 0.25) is 0 Å². The highest BCUT2D eigenvalue weighted by atomic mass is 16.5. The van der Waals surface area contributed by atoms with Gasteiger partial charge in [-0.15, -0.1) is 0 Å². The predicted molar refractivity (Wildman–Crippen MR) is 97.6 cm³/mol. The zero-order valence-corrected chi connectivity index (χ0v) is 14.9. The molecule has 1 aromatic carbocycles. The van der Waals surface area contributed by atoms with Gasteiger partial charge in [0.2, 0.25) is 0 Å². The molecule has 2 amide bonds. The van der Waals surface area contributed by atoms with E-state index in [-0.39, 0.29) is 12.1 Å². The molecule has 1 aromatic heterocycles. The summed E-state index contributed by atoms with van der Waals surface area (Å²) in [6, 6.07) is 9.84. The average Bonchev–Trinajstić information content (AvgIpc) is 3.09. The average molecular weight is 342 g/mol. The third kappa shape index (κ3) is 4.60. The lowest BCUT2D eigenvalue weighted by Gasteiger charge is -2.36. The van der Waals surface area contributed by atoms with Crippen LogP contribution >= 0.6 is 0 Å². The van der Waals surface area contributed by atoms with E-state index in [1.54, 1.807) is 6.20 Å². The Hall–Kier alpha value is -2.34. The van der Waals surface area contributed by atoms with E-state index in [1.165, 1.54) is 0 Å². The zero-order valence-electron chi connectivity index (χ0n) is 14.9. The number of hydrogen-bond donors (Lipinski definition) is 1. The first-order valence-electron chi connectivity index (χ1n) is 8.84. The van der Waals surface area contributed by atoms with Crippen molar-refractivity contribution in [3.05, 3.63) is 48.3 Å². The minimum atomic E-state index is -0.0538. The number of nitrogens with one attached hydrogen (secondary N) is 1. The number of carbonyl (C=O) groups is 1. The number of morpholine rings is 1. The topological polar surface area (TPSA) is 59.4 Å². The Bertz CT molecular complexity index is 684. The number of para-hydroxylation sites is 1. The summed E-state index contributed by atoms with van der Waals surface area (Å²) in [5.74, 6) is 0.522. The van der Waals surface area contributed by atoms with Crippen molar-refractivity contribution < 1.29 is 9.53 Å². The van der Waals surface area contributed by atoms with Gasteiger partial charge < -0.3 is 15.0 Å². The van der Waals surface area contributed by atoms with Gasteiger partial charge >= 0.3 is 6.03 Å². The quantitative estimate of drug-likeness (QED) is 0.908. The molecule has 0 saturated carbocycles. The fraction of sp³-hybridized carbons (Fsp3) is 0.474. The molecule has 1 aliphatic rings. The van der Waals surface area contributed by atoms with Crippen LogP contribution < -0.4 is 5.32 Å². The standard InChI is InChI=1S/C19H26N4O2/c1-15(2)12-17-14-25-11-10-23(17)19(24)21-18-7-4-3-6-16(18)13-22-9-5-8-20-22/h3-9,15,17H,10-14H2,1-2H3,(H,21,24). The normalized spacial score (nSPS) is 17.7. The van der Waals surface area contributed by atoms with Crippen molar-refractivity contribution in [2.75, 3.05) is 25.1 Å². The van der Waals surface area contributed by atoms with Crippen LogP contribution in [0.15, 0.2) is 42.7 Å². The minimum Gasteiger partial charge on any atom is -0.377 e. The zero-order chi connectivity index (χ0) is 17.6. The van der Waals surface area contributed by atoms with Gasteiger partial charge in [-0.2, -0.15) is 5.10 Å². The number of amides is 2. The van der Waals surface area contributed by atoms with Gasteiger partial charge in [0.1, 0.15) is 0 Å². The van der Waals surface area contributed by atoms with E-state index in [2.05, 4.69) is 24.3 Å². The highest BCUT2D eigenvalue weighted by Gasteiger charge is 2.28. The number of ether oxygens (including phenoxy) is 1. The van der Waals surface area contributed by atoms with Crippen LogP contribution in [0.25, 0.3) is 0 Å². The number of aromatic nitrogens is 2. The summed E-state index contributed by atoms with van der Waals surface area (Å²) in [6.07, 6.45) is 4.62. The van der Waals surface area contributed by atoms with Crippen molar-refractivity contribution in [2.24, 2.45) is 5.92 Å². The highest BCUT2D eigenvalue weighted by molar-refractivity contribution is 5.90. The highest BCUT2D eigenvalue weighted by Crippen LogP contribution is 2.20. The number of hydrogen-bond acceptors (Lipinski definition) is 3. The van der Waals surface area contributed by atoms with Gasteiger partial charge in [0.25, 0.3) is 0 Å². The summed E-state index contributed by atoms with van der Waals surface area (Å²) >= 11 is 0. The van der Waals surface area contributed by atoms with E-state index in [9.17, 15) is 4.79 Å². The smallest absolute Gasteiger partial charge is 0.322 e. The Kier molecular flexibility index (Phi) is 5.71. The lowest BCUT2D eigenvalue weighted by molar-refractivity contribution is 0.00857. The molecule has 3 rings (SSSR count). The maximum atomic E-state index is 12.9. The summed E-state index contributed by atoms with van der Waals surface area (Å²) in [5.41, 5.74) is 1.87. The third-order valence-corrected chi connectivity index (χ3v) is 4.38. The molecule has 0 bridgehead atoms. The maximum Gasteiger partial charge on any atom is 0.322 e. The molecule has 1 atom stereocenters. The van der Waals surface area contributed by atoms with Gasteiger partial charge in [0.05, 0.1) is 25.8 Å². The van der Waals surface area contributed by atoms with Crippen LogP contribution in [-0.4, -0.2) is 46.5 Å². The van der Waals surface area contributed by atoms with Gasteiger partial charge in [-0.25, -0.2) is 4.79 Å². The van der Waals surface area contributed by atoms with Crippen molar-refractivity contribution in [1.82, 2.24) is 14.7 Å². The van der Waals surface area contributed by atoms with Crippen molar-refractivity contribution in [1.29, 1.82) is 0 Å². The van der Waals surface area contributed by atoms with E-state index in [0.29, 0.717) is 32.2 Å². The molecule has 0 spiro atoms. The molecule has 2 heterocycles. The molecular weight excluding hydrogens is 316 g/mol. The molecule has 1 fully saturated rings. The van der Waals surface area contributed by atoms with Crippen LogP contribution in [0.4, 0.5) is 10.5 Å². The van der Waals surface area contributed by atoms with Crippen molar-refractivity contribution in [3.63, 3.8) is 0 Å². The molecule has 1 unspecified atom stereocenters. The maximum absolute atomic E-state index is 12.9. The van der Waals surface area contributed by atoms with Crippen molar-refractivity contribution in [3.8, 4) is 0 Å². The monoisotopic (exact) mass is 342 g/mol. The second-order valence-electron chi connectivity index (χ2n) is 6.84. The number of benzene rings is 1. The largest absolute Gasteiger partial charge is 0.377 e. The number of anilines is 1. The van der Waals surface area contributed by atoms with E-state index < -0.39 is 0 Å². The fourth-order valence-corrected chi connectivity index (χ4v) is 3.20. The van der Waals surface area contributed by atoms with Crippen LogP contribution in [0.3, 0.4) is 0 Å². The first kappa shape index (κ1) is 17.5. The van der Waals surface area contributed by atoms with Gasteiger partial charge in [0, 0.05) is 24.6 Å². The Labute approximate surface area is 148 Å². The summed E-state index contributed by atoms with van der Waals surface area (Å²) in [5, 5.41) is 7.33. The number of nitrogens with zero attached hydrogens (tertiary/aromatic N) is 3. The van der Waals surface area contributed by atoms with E-state index in [4.69, 9.17) is 4.74 Å². The molecule has 0 aliphatic carbocycles. The Balaban J connectivity index is 1.71. The number of rotatable bonds is 5. The molecule has 0 radical (unpaired) electrons. The molecule has 1 saturated heterocycles. The third-order valence-electron chi connectivity index (χ3n) is 4.38. The Morgan fingerprint density at radius 3 is 2.96 bits per heavy atom. The fourth-order valence-electron chi connectivity index (χ4n) is 3.20. The van der Waals surface area contributed by atoms with Gasteiger partial charge in [-0.3, -0.25) is 4.68 Å². The molecule has 1 N–H and O–H groups in total. The van der Waals surface area contributed by atoms with Crippen LogP contribution in [-0.2, 0) is 11.3 Å². The van der Waals surface area contributed by atoms with E-state index in [0.717, 1.165) is 17.7 Å². The molecular formula is C19H26N4O2. The molecule has 6 nitrogen and oxygen atoms in total. The van der Waals surface area contributed by atoms with Gasteiger partial charge in [0.15, 0.2) is 0 Å². The molecule has 6 heteroatoms. The van der Waals surface area contributed by atoms with Crippen LogP contribution in [0.1, 0.15) is 25.8 Å². The lowest BCUT2D eigenvalue weighted by Crippen LogP contribution is -2.50. The number of urea groups is 1. The predicted octanol–water partition coefficient (Wildman–Crippen LogP) is 3.21. The second-order valence-corrected chi connectivity index (χ2v) is 6.84. The van der Waals surface area contributed by atoms with Gasteiger partial charge in [-0.1, -0.05) is 32.0 Å². The minimum absolute atomic E-state index is 0.0538. The first-order chi connectivity index (χ1) is 12.1. The molecule has 25 heavy (non-hydrogen) atoms.